The zero-order chi connectivity index (χ0) is 26.1. The number of esters is 1. The summed E-state index contributed by atoms with van der Waals surface area (Å²) in [6.07, 6.45) is 0.765. The molecule has 1 fully saturated rings. The zero-order valence-corrected chi connectivity index (χ0v) is 20.1. The van der Waals surface area contributed by atoms with Crippen molar-refractivity contribution in [3.63, 3.8) is 0 Å². The predicted octanol–water partition coefficient (Wildman–Crippen LogP) is 4.06. The number of aliphatic hydroxyl groups excluding tert-OH is 1. The summed E-state index contributed by atoms with van der Waals surface area (Å²) < 4.78 is 10.5. The molecule has 188 valence electrons. The van der Waals surface area contributed by atoms with Gasteiger partial charge in [-0.15, -0.1) is 0 Å². The minimum atomic E-state index is -0.930. The predicted molar refractivity (Wildman–Crippen MR) is 135 cm³/mol. The van der Waals surface area contributed by atoms with Gasteiger partial charge in [0.25, 0.3) is 11.7 Å². The highest BCUT2D eigenvalue weighted by atomic mass is 16.5. The van der Waals surface area contributed by atoms with E-state index in [0.29, 0.717) is 35.4 Å². The Morgan fingerprint density at radius 2 is 1.78 bits per heavy atom. The van der Waals surface area contributed by atoms with Crippen LogP contribution in [-0.4, -0.2) is 41.1 Å². The fourth-order valence-electron chi connectivity index (χ4n) is 4.71. The number of benzene rings is 3. The van der Waals surface area contributed by atoms with Gasteiger partial charge in [-0.05, 0) is 66.1 Å². The minimum Gasteiger partial charge on any atom is -0.508 e. The molecule has 3 aromatic carbocycles. The first-order chi connectivity index (χ1) is 17.9. The Morgan fingerprint density at radius 1 is 1.05 bits per heavy atom. The molecule has 2 aliphatic heterocycles. The second kappa shape index (κ2) is 9.81. The summed E-state index contributed by atoms with van der Waals surface area (Å²) in [4.78, 5) is 39.8. The minimum absolute atomic E-state index is 0.0302. The van der Waals surface area contributed by atoms with Crippen molar-refractivity contribution in [2.24, 2.45) is 0 Å². The summed E-state index contributed by atoms with van der Waals surface area (Å²) in [6.45, 7) is 2.56. The molecule has 2 N–H and O–H groups in total. The van der Waals surface area contributed by atoms with Gasteiger partial charge in [-0.2, -0.15) is 0 Å². The highest BCUT2D eigenvalue weighted by Crippen LogP contribution is 2.43. The summed E-state index contributed by atoms with van der Waals surface area (Å²) >= 11 is 0. The molecule has 8 nitrogen and oxygen atoms in total. The molecule has 8 heteroatoms. The Labute approximate surface area is 213 Å². The van der Waals surface area contributed by atoms with Crippen LogP contribution in [0, 0.1) is 0 Å². The molecule has 5 rings (SSSR count). The van der Waals surface area contributed by atoms with E-state index >= 15 is 0 Å². The summed E-state index contributed by atoms with van der Waals surface area (Å²) in [6, 6.07) is 17.1. The number of hydrogen-bond donors (Lipinski definition) is 2. The molecule has 0 aliphatic carbocycles. The van der Waals surface area contributed by atoms with E-state index in [1.165, 1.54) is 17.0 Å². The van der Waals surface area contributed by atoms with Crippen molar-refractivity contribution in [1.82, 2.24) is 0 Å². The van der Waals surface area contributed by atoms with Gasteiger partial charge in [-0.1, -0.05) is 24.3 Å². The van der Waals surface area contributed by atoms with Gasteiger partial charge in [0.15, 0.2) is 0 Å². The van der Waals surface area contributed by atoms with E-state index in [4.69, 9.17) is 9.47 Å². The molecular weight excluding hydrogens is 474 g/mol. The second-order valence-electron chi connectivity index (χ2n) is 8.83. The van der Waals surface area contributed by atoms with Crippen LogP contribution in [0.25, 0.3) is 5.76 Å². The number of carbonyl (C=O) groups excluding carboxylic acids is 3. The number of fused-ring (bicyclic) bond motifs is 1. The Hall–Kier alpha value is -4.59. The Bertz CT molecular complexity index is 1410. The van der Waals surface area contributed by atoms with Gasteiger partial charge in [-0.3, -0.25) is 19.3 Å². The molecule has 1 unspecified atom stereocenters. The average molecular weight is 500 g/mol. The van der Waals surface area contributed by atoms with Gasteiger partial charge >= 0.3 is 5.97 Å². The van der Waals surface area contributed by atoms with E-state index < -0.39 is 17.7 Å². The maximum atomic E-state index is 13.3. The number of carbonyl (C=O) groups is 3. The third-order valence-corrected chi connectivity index (χ3v) is 6.48. The average Bonchev–Trinajstić information content (AvgIpc) is 3.47. The van der Waals surface area contributed by atoms with E-state index in [9.17, 15) is 24.6 Å². The standard InChI is InChI=1S/C29H25NO7/c1-2-36-24(32)15-17-3-8-21(9-4-17)30-26(18-5-10-22(31)11-6-18)25(28(34)29(30)35)27(33)20-7-12-23-19(16-20)13-14-37-23/h3-12,16,26,31,33H,2,13-15H2,1H3/b27-25-. The highest BCUT2D eigenvalue weighted by Gasteiger charge is 2.47. The third kappa shape index (κ3) is 4.53. The topological polar surface area (TPSA) is 113 Å². The molecule has 2 aliphatic rings. The van der Waals surface area contributed by atoms with E-state index in [0.717, 1.165) is 11.3 Å². The number of aliphatic hydroxyl groups is 1. The number of nitrogens with zero attached hydrogens (tertiary/aromatic N) is 1. The first-order valence-corrected chi connectivity index (χ1v) is 12.0. The van der Waals surface area contributed by atoms with E-state index in [2.05, 4.69) is 0 Å². The molecule has 1 amide bonds. The molecule has 0 radical (unpaired) electrons. The maximum Gasteiger partial charge on any atom is 0.310 e. The Kier molecular flexibility index (Phi) is 6.40. The van der Waals surface area contributed by atoms with Crippen LogP contribution in [0.2, 0.25) is 0 Å². The van der Waals surface area contributed by atoms with Crippen LogP contribution in [0.1, 0.15) is 35.2 Å². The van der Waals surface area contributed by atoms with Crippen LogP contribution >= 0.6 is 0 Å². The Morgan fingerprint density at radius 3 is 2.49 bits per heavy atom. The molecule has 2 heterocycles. The van der Waals surface area contributed by atoms with Crippen molar-refractivity contribution in [3.8, 4) is 11.5 Å². The lowest BCUT2D eigenvalue weighted by Gasteiger charge is -2.25. The SMILES string of the molecule is CCOC(=O)Cc1ccc(N2C(=O)C(=O)/C(=C(\O)c3ccc4c(c3)CCO4)C2c2ccc(O)cc2)cc1. The van der Waals surface area contributed by atoms with Crippen molar-refractivity contribution < 1.29 is 34.1 Å². The summed E-state index contributed by atoms with van der Waals surface area (Å²) in [5.41, 5.74) is 2.94. The fraction of sp³-hybridized carbons (Fsp3) is 0.207. The smallest absolute Gasteiger partial charge is 0.310 e. The fourth-order valence-corrected chi connectivity index (χ4v) is 4.71. The number of hydrogen-bond acceptors (Lipinski definition) is 7. The third-order valence-electron chi connectivity index (χ3n) is 6.48. The number of Topliss-reactive ketones (excluding diaryl/α,β-unsaturated/α-hetero) is 1. The summed E-state index contributed by atoms with van der Waals surface area (Å²) in [7, 11) is 0. The molecule has 1 saturated heterocycles. The number of phenolic OH excluding ortho intramolecular Hbond substituents is 1. The van der Waals surface area contributed by atoms with Crippen LogP contribution in [0.3, 0.4) is 0 Å². The van der Waals surface area contributed by atoms with Crippen molar-refractivity contribution >= 4 is 29.1 Å². The van der Waals surface area contributed by atoms with Crippen LogP contribution in [0.4, 0.5) is 5.69 Å². The van der Waals surface area contributed by atoms with E-state index in [1.54, 1.807) is 61.5 Å². The molecule has 3 aromatic rings. The lowest BCUT2D eigenvalue weighted by molar-refractivity contribution is -0.142. The number of ketones is 1. The first-order valence-electron chi connectivity index (χ1n) is 12.0. The molecule has 0 aromatic heterocycles. The van der Waals surface area contributed by atoms with E-state index in [1.807, 2.05) is 0 Å². The largest absolute Gasteiger partial charge is 0.508 e. The highest BCUT2D eigenvalue weighted by molar-refractivity contribution is 6.51. The Balaban J connectivity index is 1.58. The van der Waals surface area contributed by atoms with Crippen LogP contribution in [-0.2, 0) is 32.0 Å². The van der Waals surface area contributed by atoms with Gasteiger partial charge < -0.3 is 19.7 Å². The lowest BCUT2D eigenvalue weighted by atomic mass is 9.94. The van der Waals surface area contributed by atoms with Crippen molar-refractivity contribution in [2.45, 2.75) is 25.8 Å². The molecule has 37 heavy (non-hydrogen) atoms. The van der Waals surface area contributed by atoms with E-state index in [-0.39, 0.29) is 36.1 Å². The van der Waals surface area contributed by atoms with Gasteiger partial charge in [0.1, 0.15) is 17.3 Å². The first kappa shape index (κ1) is 24.1. The van der Waals surface area contributed by atoms with Gasteiger partial charge in [0, 0.05) is 17.7 Å². The van der Waals surface area contributed by atoms with Gasteiger partial charge in [-0.25, -0.2) is 0 Å². The normalized spacial score (nSPS) is 18.0. The molecule has 0 spiro atoms. The number of ether oxygens (including phenoxy) is 2. The van der Waals surface area contributed by atoms with Crippen molar-refractivity contribution in [2.75, 3.05) is 18.1 Å². The number of aromatic hydroxyl groups is 1. The molecule has 0 bridgehead atoms. The van der Waals surface area contributed by atoms with Crippen molar-refractivity contribution in [3.05, 3.63) is 94.6 Å². The van der Waals surface area contributed by atoms with Crippen LogP contribution in [0.15, 0.2) is 72.3 Å². The molecule has 1 atom stereocenters. The second-order valence-corrected chi connectivity index (χ2v) is 8.83. The van der Waals surface area contributed by atoms with Gasteiger partial charge in [0.2, 0.25) is 0 Å². The monoisotopic (exact) mass is 499 g/mol. The number of anilines is 1. The van der Waals surface area contributed by atoms with Crippen LogP contribution in [0.5, 0.6) is 11.5 Å². The maximum absolute atomic E-state index is 13.3. The van der Waals surface area contributed by atoms with Crippen molar-refractivity contribution in [1.29, 1.82) is 0 Å². The summed E-state index contributed by atoms with van der Waals surface area (Å²) in [5.74, 6) is -1.49. The molecule has 0 saturated carbocycles. The number of amides is 1. The lowest BCUT2D eigenvalue weighted by Crippen LogP contribution is -2.29. The zero-order valence-electron chi connectivity index (χ0n) is 20.1. The molecular formula is C29H25NO7. The quantitative estimate of drug-likeness (QED) is 0.228. The summed E-state index contributed by atoms with van der Waals surface area (Å²) in [5, 5.41) is 21.1. The number of phenols is 1. The van der Waals surface area contributed by atoms with Gasteiger partial charge in [0.05, 0.1) is 31.2 Å². The number of rotatable bonds is 6. The van der Waals surface area contributed by atoms with Crippen LogP contribution < -0.4 is 9.64 Å².